The van der Waals surface area contributed by atoms with Gasteiger partial charge in [0, 0.05) is 17.5 Å². The molecule has 0 amide bonds. The minimum atomic E-state index is 0.594. The number of anilines is 1. The summed E-state index contributed by atoms with van der Waals surface area (Å²) in [5, 5.41) is 4.65. The molecule has 0 saturated heterocycles. The zero-order valence-corrected chi connectivity index (χ0v) is 12.7. The van der Waals surface area contributed by atoms with Crippen LogP contribution in [0.3, 0.4) is 0 Å². The molecule has 2 N–H and O–H groups in total. The number of aromatic nitrogens is 2. The zero-order chi connectivity index (χ0) is 13.6. The van der Waals surface area contributed by atoms with Gasteiger partial charge in [0.25, 0.3) is 0 Å². The van der Waals surface area contributed by atoms with Gasteiger partial charge in [-0.15, -0.1) is 11.3 Å². The van der Waals surface area contributed by atoms with Gasteiger partial charge in [-0.25, -0.2) is 0 Å². The van der Waals surface area contributed by atoms with Crippen molar-refractivity contribution in [3.05, 3.63) is 22.1 Å². The van der Waals surface area contributed by atoms with Crippen LogP contribution in [-0.2, 0) is 26.3 Å². The van der Waals surface area contributed by atoms with Gasteiger partial charge in [0.2, 0.25) is 0 Å². The van der Waals surface area contributed by atoms with Gasteiger partial charge in [-0.3, -0.25) is 4.68 Å². The van der Waals surface area contributed by atoms with E-state index in [1.54, 1.807) is 4.88 Å². The van der Waals surface area contributed by atoms with Crippen LogP contribution in [0.1, 0.15) is 36.3 Å². The number of aryl methyl sites for hydroxylation is 3. The summed E-state index contributed by atoms with van der Waals surface area (Å²) < 4.78 is 1.82. The fourth-order valence-electron chi connectivity index (χ4n) is 2.83. The van der Waals surface area contributed by atoms with Crippen molar-refractivity contribution in [2.45, 2.75) is 39.5 Å². The fourth-order valence-corrected chi connectivity index (χ4v) is 4.10. The molecular formula is C15H21N3S. The maximum absolute atomic E-state index is 6.19. The third-order valence-electron chi connectivity index (χ3n) is 3.79. The molecule has 2 heterocycles. The summed E-state index contributed by atoms with van der Waals surface area (Å²) in [5.41, 5.74) is 10.0. The first-order chi connectivity index (χ1) is 9.06. The van der Waals surface area contributed by atoms with Crippen molar-refractivity contribution >= 4 is 17.2 Å². The van der Waals surface area contributed by atoms with Gasteiger partial charge in [-0.05, 0) is 43.2 Å². The molecule has 0 radical (unpaired) electrons. The quantitative estimate of drug-likeness (QED) is 0.932. The lowest BCUT2D eigenvalue weighted by molar-refractivity contribution is 0.649. The highest BCUT2D eigenvalue weighted by Gasteiger charge is 2.21. The van der Waals surface area contributed by atoms with Gasteiger partial charge in [0.1, 0.15) is 11.5 Å². The Morgan fingerprint density at radius 2 is 2.21 bits per heavy atom. The summed E-state index contributed by atoms with van der Waals surface area (Å²) >= 11 is 1.91. The second kappa shape index (κ2) is 4.67. The summed E-state index contributed by atoms with van der Waals surface area (Å²) in [6.45, 7) is 4.45. The maximum atomic E-state index is 6.19. The normalized spacial score (nSPS) is 14.3. The molecule has 0 unspecified atom stereocenters. The molecule has 0 bridgehead atoms. The van der Waals surface area contributed by atoms with E-state index in [-0.39, 0.29) is 0 Å². The minimum Gasteiger partial charge on any atom is -0.384 e. The molecule has 1 aliphatic carbocycles. The number of nitrogens with two attached hydrogens (primary N) is 1. The largest absolute Gasteiger partial charge is 0.384 e. The van der Waals surface area contributed by atoms with E-state index in [9.17, 15) is 0 Å². The van der Waals surface area contributed by atoms with Gasteiger partial charge in [0.05, 0.1) is 4.88 Å². The third kappa shape index (κ3) is 2.18. The summed E-state index contributed by atoms with van der Waals surface area (Å²) in [6, 6.07) is 2.33. The number of fused-ring (bicyclic) bond motifs is 1. The van der Waals surface area contributed by atoms with Crippen LogP contribution in [0.2, 0.25) is 0 Å². The average molecular weight is 275 g/mol. The predicted molar refractivity (Wildman–Crippen MR) is 81.5 cm³/mol. The van der Waals surface area contributed by atoms with Gasteiger partial charge in [0.15, 0.2) is 0 Å². The molecule has 0 aromatic carbocycles. The van der Waals surface area contributed by atoms with E-state index in [1.807, 2.05) is 23.1 Å². The molecule has 4 heteroatoms. The zero-order valence-electron chi connectivity index (χ0n) is 11.9. The Labute approximate surface area is 118 Å². The highest BCUT2D eigenvalue weighted by molar-refractivity contribution is 7.15. The first kappa shape index (κ1) is 12.7. The van der Waals surface area contributed by atoms with E-state index < -0.39 is 0 Å². The topological polar surface area (TPSA) is 43.8 Å². The van der Waals surface area contributed by atoms with Gasteiger partial charge in [-0.2, -0.15) is 5.10 Å². The number of nitrogen functional groups attached to an aromatic ring is 1. The average Bonchev–Trinajstić information content (AvgIpc) is 2.97. The van der Waals surface area contributed by atoms with Gasteiger partial charge in [-0.1, -0.05) is 13.8 Å². The molecule has 0 fully saturated rings. The number of nitrogens with zero attached hydrogens (tertiary/aromatic N) is 2. The molecule has 0 atom stereocenters. The lowest BCUT2D eigenvalue weighted by Crippen LogP contribution is -2.01. The Morgan fingerprint density at radius 1 is 1.42 bits per heavy atom. The molecular weight excluding hydrogens is 254 g/mol. The second-order valence-corrected chi connectivity index (χ2v) is 6.98. The lowest BCUT2D eigenvalue weighted by Gasteiger charge is -2.05. The standard InChI is InChI=1S/C15H21N3S/c1-9(2)7-11-14(17-18(3)15(11)16)13-8-10-5-4-6-12(10)19-13/h8-9H,4-7,16H2,1-3H3. The van der Waals surface area contributed by atoms with E-state index >= 15 is 0 Å². The van der Waals surface area contributed by atoms with E-state index in [0.29, 0.717) is 5.92 Å². The van der Waals surface area contributed by atoms with Crippen LogP contribution in [0.5, 0.6) is 0 Å². The molecule has 3 nitrogen and oxygen atoms in total. The van der Waals surface area contributed by atoms with Crippen molar-refractivity contribution in [2.75, 3.05) is 5.73 Å². The summed E-state index contributed by atoms with van der Waals surface area (Å²) in [5.74, 6) is 1.41. The molecule has 102 valence electrons. The van der Waals surface area contributed by atoms with Crippen molar-refractivity contribution in [2.24, 2.45) is 13.0 Å². The van der Waals surface area contributed by atoms with Crippen molar-refractivity contribution in [3.63, 3.8) is 0 Å². The van der Waals surface area contributed by atoms with Crippen LogP contribution in [0.4, 0.5) is 5.82 Å². The maximum Gasteiger partial charge on any atom is 0.125 e. The molecule has 0 aliphatic heterocycles. The second-order valence-electron chi connectivity index (χ2n) is 5.85. The highest BCUT2D eigenvalue weighted by Crippen LogP contribution is 2.39. The Morgan fingerprint density at radius 3 is 2.89 bits per heavy atom. The summed E-state index contributed by atoms with van der Waals surface area (Å²) in [6.07, 6.45) is 4.78. The Bertz CT molecular complexity index is 586. The van der Waals surface area contributed by atoms with E-state index in [1.165, 1.54) is 35.3 Å². The van der Waals surface area contributed by atoms with Gasteiger partial charge < -0.3 is 5.73 Å². The predicted octanol–water partition coefficient (Wildman–Crippen LogP) is 3.42. The summed E-state index contributed by atoms with van der Waals surface area (Å²) in [4.78, 5) is 2.85. The van der Waals surface area contributed by atoms with Crippen LogP contribution >= 0.6 is 11.3 Å². The lowest BCUT2D eigenvalue weighted by atomic mass is 10.0. The van der Waals surface area contributed by atoms with Crippen LogP contribution in [0, 0.1) is 5.92 Å². The third-order valence-corrected chi connectivity index (χ3v) is 5.03. The number of hydrogen-bond acceptors (Lipinski definition) is 3. The van der Waals surface area contributed by atoms with Crippen LogP contribution < -0.4 is 5.73 Å². The van der Waals surface area contributed by atoms with Crippen LogP contribution in [-0.4, -0.2) is 9.78 Å². The first-order valence-corrected chi connectivity index (χ1v) is 7.81. The molecule has 0 spiro atoms. The van der Waals surface area contributed by atoms with Gasteiger partial charge >= 0.3 is 0 Å². The molecule has 2 aromatic heterocycles. The number of hydrogen-bond donors (Lipinski definition) is 1. The van der Waals surface area contributed by atoms with E-state index in [4.69, 9.17) is 5.73 Å². The molecule has 0 saturated carbocycles. The highest BCUT2D eigenvalue weighted by atomic mass is 32.1. The SMILES string of the molecule is CC(C)Cc1c(-c2cc3c(s2)CCC3)nn(C)c1N. The smallest absolute Gasteiger partial charge is 0.125 e. The first-order valence-electron chi connectivity index (χ1n) is 6.99. The minimum absolute atomic E-state index is 0.594. The Balaban J connectivity index is 2.05. The van der Waals surface area contributed by atoms with Crippen molar-refractivity contribution in [1.82, 2.24) is 9.78 Å². The monoisotopic (exact) mass is 275 g/mol. The van der Waals surface area contributed by atoms with E-state index in [2.05, 4.69) is 25.0 Å². The Kier molecular flexibility index (Phi) is 3.13. The molecule has 1 aliphatic rings. The fraction of sp³-hybridized carbons (Fsp3) is 0.533. The molecule has 2 aromatic rings. The van der Waals surface area contributed by atoms with E-state index in [0.717, 1.165) is 17.9 Å². The van der Waals surface area contributed by atoms with Crippen LogP contribution in [0.25, 0.3) is 10.6 Å². The van der Waals surface area contributed by atoms with Crippen molar-refractivity contribution in [3.8, 4) is 10.6 Å². The molecule has 19 heavy (non-hydrogen) atoms. The van der Waals surface area contributed by atoms with Crippen molar-refractivity contribution < 1.29 is 0 Å². The number of thiophene rings is 1. The summed E-state index contributed by atoms with van der Waals surface area (Å²) in [7, 11) is 1.93. The molecule has 3 rings (SSSR count). The van der Waals surface area contributed by atoms with Crippen molar-refractivity contribution in [1.29, 1.82) is 0 Å². The Hall–Kier alpha value is -1.29. The van der Waals surface area contributed by atoms with Crippen LogP contribution in [0.15, 0.2) is 6.07 Å². The number of rotatable bonds is 3.